The van der Waals surface area contributed by atoms with E-state index in [1.54, 1.807) is 7.05 Å². The third-order valence-electron chi connectivity index (χ3n) is 4.05. The molecule has 1 aliphatic heterocycles. The van der Waals surface area contributed by atoms with Crippen molar-refractivity contribution in [2.24, 2.45) is 0 Å². The van der Waals surface area contributed by atoms with E-state index in [1.165, 1.54) is 5.56 Å². The summed E-state index contributed by atoms with van der Waals surface area (Å²) in [6.07, 6.45) is -0.510. The van der Waals surface area contributed by atoms with Crippen molar-refractivity contribution in [1.82, 2.24) is 5.32 Å². The minimum atomic E-state index is -0.510. The molecule has 1 amide bonds. The number of nitrogens with one attached hydrogen (secondary N) is 1. The number of nitrogens with zero attached hydrogens (tertiary/aromatic N) is 1. The van der Waals surface area contributed by atoms with Crippen LogP contribution < -0.4 is 19.7 Å². The molecule has 0 fully saturated rings. The first-order valence-corrected chi connectivity index (χ1v) is 8.09. The zero-order valence-corrected chi connectivity index (χ0v) is 14.0. The monoisotopic (exact) mass is 326 g/mol. The molecular formula is C19H22N2O3. The third kappa shape index (κ3) is 3.62. The van der Waals surface area contributed by atoms with Crippen LogP contribution in [0, 0.1) is 6.92 Å². The van der Waals surface area contributed by atoms with Crippen LogP contribution in [0.3, 0.4) is 0 Å². The van der Waals surface area contributed by atoms with Gasteiger partial charge in [0.15, 0.2) is 6.10 Å². The number of anilines is 1. The highest BCUT2D eigenvalue weighted by atomic mass is 16.5. The quantitative estimate of drug-likeness (QED) is 0.917. The predicted octanol–water partition coefficient (Wildman–Crippen LogP) is 2.39. The van der Waals surface area contributed by atoms with Gasteiger partial charge in [0, 0.05) is 7.05 Å². The molecule has 1 N–H and O–H groups in total. The van der Waals surface area contributed by atoms with E-state index in [2.05, 4.69) is 10.2 Å². The van der Waals surface area contributed by atoms with Crippen molar-refractivity contribution in [1.29, 1.82) is 0 Å². The number of para-hydroxylation sites is 2. The van der Waals surface area contributed by atoms with Crippen molar-refractivity contribution in [3.8, 4) is 11.5 Å². The SMILES string of the molecule is CNC(=O)[C@H]1CN(CCOc2ccc(C)cc2)c2ccccc2O1. The summed E-state index contributed by atoms with van der Waals surface area (Å²) < 4.78 is 11.6. The fourth-order valence-electron chi connectivity index (χ4n) is 2.72. The van der Waals surface area contributed by atoms with Crippen LogP contribution >= 0.6 is 0 Å². The van der Waals surface area contributed by atoms with Gasteiger partial charge in [-0.2, -0.15) is 0 Å². The molecule has 2 aromatic carbocycles. The number of likely N-dealkylation sites (N-methyl/N-ethyl adjacent to an activating group) is 1. The third-order valence-corrected chi connectivity index (χ3v) is 4.05. The molecule has 126 valence electrons. The predicted molar refractivity (Wildman–Crippen MR) is 93.8 cm³/mol. The molecule has 1 heterocycles. The molecule has 0 saturated carbocycles. The molecule has 3 rings (SSSR count). The molecule has 0 aliphatic carbocycles. The summed E-state index contributed by atoms with van der Waals surface area (Å²) in [6, 6.07) is 15.8. The minimum Gasteiger partial charge on any atom is -0.492 e. The van der Waals surface area contributed by atoms with Crippen LogP contribution in [0.2, 0.25) is 0 Å². The number of benzene rings is 2. The second kappa shape index (κ2) is 7.25. The smallest absolute Gasteiger partial charge is 0.262 e. The van der Waals surface area contributed by atoms with Gasteiger partial charge in [0.2, 0.25) is 0 Å². The van der Waals surface area contributed by atoms with Gasteiger partial charge in [0.05, 0.1) is 18.8 Å². The Bertz CT molecular complexity index is 700. The van der Waals surface area contributed by atoms with Crippen LogP contribution in [-0.4, -0.2) is 38.8 Å². The number of aryl methyl sites for hydroxylation is 1. The summed E-state index contributed by atoms with van der Waals surface area (Å²) >= 11 is 0. The molecule has 0 spiro atoms. The first kappa shape index (κ1) is 16.2. The van der Waals surface area contributed by atoms with Gasteiger partial charge in [-0.15, -0.1) is 0 Å². The minimum absolute atomic E-state index is 0.117. The highest BCUT2D eigenvalue weighted by molar-refractivity contribution is 5.83. The lowest BCUT2D eigenvalue weighted by Gasteiger charge is -2.35. The Morgan fingerprint density at radius 1 is 1.25 bits per heavy atom. The molecule has 0 aromatic heterocycles. The first-order chi connectivity index (χ1) is 11.7. The zero-order valence-electron chi connectivity index (χ0n) is 14.0. The van der Waals surface area contributed by atoms with Crippen LogP contribution in [-0.2, 0) is 4.79 Å². The molecular weight excluding hydrogens is 304 g/mol. The lowest BCUT2D eigenvalue weighted by Crippen LogP contribution is -2.49. The van der Waals surface area contributed by atoms with Crippen molar-refractivity contribution in [2.45, 2.75) is 13.0 Å². The second-order valence-electron chi connectivity index (χ2n) is 5.80. The van der Waals surface area contributed by atoms with E-state index < -0.39 is 6.10 Å². The van der Waals surface area contributed by atoms with E-state index in [1.807, 2.05) is 55.5 Å². The Morgan fingerprint density at radius 2 is 2.00 bits per heavy atom. The maximum atomic E-state index is 12.0. The van der Waals surface area contributed by atoms with Gasteiger partial charge in [0.1, 0.15) is 18.1 Å². The summed E-state index contributed by atoms with van der Waals surface area (Å²) in [5.41, 5.74) is 2.20. The maximum Gasteiger partial charge on any atom is 0.262 e. The number of carbonyl (C=O) groups excluding carboxylic acids is 1. The number of hydrogen-bond acceptors (Lipinski definition) is 4. The number of rotatable bonds is 5. The fraction of sp³-hybridized carbons (Fsp3) is 0.316. The molecule has 5 heteroatoms. The largest absolute Gasteiger partial charge is 0.492 e. The van der Waals surface area contributed by atoms with Gasteiger partial charge in [0.25, 0.3) is 5.91 Å². The Hall–Kier alpha value is -2.69. The Balaban J connectivity index is 1.66. The summed E-state index contributed by atoms with van der Waals surface area (Å²) in [5.74, 6) is 1.46. The molecule has 1 atom stereocenters. The molecule has 2 aromatic rings. The van der Waals surface area contributed by atoms with Crippen molar-refractivity contribution in [2.75, 3.05) is 31.6 Å². The maximum absolute atomic E-state index is 12.0. The van der Waals surface area contributed by atoms with Gasteiger partial charge in [-0.3, -0.25) is 4.79 Å². The van der Waals surface area contributed by atoms with Crippen LogP contribution in [0.15, 0.2) is 48.5 Å². The lowest BCUT2D eigenvalue weighted by molar-refractivity contribution is -0.127. The van der Waals surface area contributed by atoms with Crippen LogP contribution in [0.1, 0.15) is 5.56 Å². The van der Waals surface area contributed by atoms with E-state index in [0.29, 0.717) is 19.7 Å². The Labute approximate surface area is 142 Å². The topological polar surface area (TPSA) is 50.8 Å². The zero-order chi connectivity index (χ0) is 16.9. The number of carbonyl (C=O) groups is 1. The molecule has 0 unspecified atom stereocenters. The van der Waals surface area contributed by atoms with Gasteiger partial charge in [-0.25, -0.2) is 0 Å². The first-order valence-electron chi connectivity index (χ1n) is 8.09. The Kier molecular flexibility index (Phi) is 4.89. The van der Waals surface area contributed by atoms with Gasteiger partial charge < -0.3 is 19.7 Å². The van der Waals surface area contributed by atoms with Crippen LogP contribution in [0.5, 0.6) is 11.5 Å². The molecule has 1 aliphatic rings. The summed E-state index contributed by atoms with van der Waals surface area (Å²) in [4.78, 5) is 14.1. The standard InChI is InChI=1S/C19H22N2O3/c1-14-7-9-15(10-8-14)23-12-11-21-13-18(19(22)20-2)24-17-6-4-3-5-16(17)21/h3-10,18H,11-13H2,1-2H3,(H,20,22)/t18-/m1/s1. The van der Waals surface area contributed by atoms with Crippen molar-refractivity contribution < 1.29 is 14.3 Å². The van der Waals surface area contributed by atoms with Gasteiger partial charge >= 0.3 is 0 Å². The average molecular weight is 326 g/mol. The Morgan fingerprint density at radius 3 is 2.75 bits per heavy atom. The van der Waals surface area contributed by atoms with Crippen molar-refractivity contribution >= 4 is 11.6 Å². The summed E-state index contributed by atoms with van der Waals surface area (Å²) in [6.45, 7) is 3.78. The normalized spacial score (nSPS) is 16.1. The number of fused-ring (bicyclic) bond motifs is 1. The highest BCUT2D eigenvalue weighted by Crippen LogP contribution is 2.32. The molecule has 0 bridgehead atoms. The van der Waals surface area contributed by atoms with Crippen LogP contribution in [0.25, 0.3) is 0 Å². The molecule has 5 nitrogen and oxygen atoms in total. The number of ether oxygens (including phenoxy) is 2. The van der Waals surface area contributed by atoms with E-state index in [4.69, 9.17) is 9.47 Å². The second-order valence-corrected chi connectivity index (χ2v) is 5.80. The summed E-state index contributed by atoms with van der Waals surface area (Å²) in [5, 5.41) is 2.65. The summed E-state index contributed by atoms with van der Waals surface area (Å²) in [7, 11) is 1.62. The number of amides is 1. The van der Waals surface area contributed by atoms with Crippen LogP contribution in [0.4, 0.5) is 5.69 Å². The van der Waals surface area contributed by atoms with E-state index in [0.717, 1.165) is 17.2 Å². The average Bonchev–Trinajstić information content (AvgIpc) is 2.62. The highest BCUT2D eigenvalue weighted by Gasteiger charge is 2.29. The van der Waals surface area contributed by atoms with Gasteiger partial charge in [-0.05, 0) is 31.2 Å². The van der Waals surface area contributed by atoms with E-state index in [9.17, 15) is 4.79 Å². The van der Waals surface area contributed by atoms with E-state index in [-0.39, 0.29) is 5.91 Å². The molecule has 0 saturated heterocycles. The fourth-order valence-corrected chi connectivity index (χ4v) is 2.72. The molecule has 24 heavy (non-hydrogen) atoms. The lowest BCUT2D eigenvalue weighted by atomic mass is 10.2. The molecule has 0 radical (unpaired) electrons. The van der Waals surface area contributed by atoms with Crippen molar-refractivity contribution in [3.63, 3.8) is 0 Å². The van der Waals surface area contributed by atoms with Gasteiger partial charge in [-0.1, -0.05) is 29.8 Å². The van der Waals surface area contributed by atoms with Crippen molar-refractivity contribution in [3.05, 3.63) is 54.1 Å². The number of hydrogen-bond donors (Lipinski definition) is 1. The van der Waals surface area contributed by atoms with E-state index >= 15 is 0 Å².